The number of carboxylic acids is 1. The molecule has 5 rings (SSSR count). The summed E-state index contributed by atoms with van der Waals surface area (Å²) in [6.45, 7) is 2.54. The number of hydrogen-bond acceptors (Lipinski definition) is 4. The number of carbonyl (C=O) groups is 1. The van der Waals surface area contributed by atoms with Crippen LogP contribution in [0.1, 0.15) is 35.1 Å². The topological polar surface area (TPSA) is 65.0 Å². The van der Waals surface area contributed by atoms with Crippen molar-refractivity contribution in [3.05, 3.63) is 77.1 Å². The molecule has 2 atom stereocenters. The highest BCUT2D eigenvalue weighted by Crippen LogP contribution is 2.46. The first kappa shape index (κ1) is 19.4. The van der Waals surface area contributed by atoms with Gasteiger partial charge in [0.2, 0.25) is 0 Å². The number of hydrogen-bond donors (Lipinski definition) is 1. The van der Waals surface area contributed by atoms with Gasteiger partial charge in [-0.05, 0) is 53.4 Å². The first-order chi connectivity index (χ1) is 15.0. The Balaban J connectivity index is 1.44. The monoisotopic (exact) mass is 420 g/mol. The lowest BCUT2D eigenvalue weighted by Crippen LogP contribution is -2.22. The Hall–Kier alpha value is -3.54. The number of fused-ring (bicyclic) bond motifs is 2. The van der Waals surface area contributed by atoms with Crippen LogP contribution in [0.2, 0.25) is 0 Å². The summed E-state index contributed by atoms with van der Waals surface area (Å²) >= 11 is 0. The minimum absolute atomic E-state index is 0.000239. The number of benzene rings is 3. The van der Waals surface area contributed by atoms with Crippen molar-refractivity contribution in [1.82, 2.24) is 0 Å². The van der Waals surface area contributed by atoms with Gasteiger partial charge in [-0.1, -0.05) is 24.3 Å². The maximum absolute atomic E-state index is 14.5. The van der Waals surface area contributed by atoms with Crippen LogP contribution in [0, 0.1) is 12.7 Å². The molecule has 0 radical (unpaired) electrons. The van der Waals surface area contributed by atoms with Crippen molar-refractivity contribution in [3.63, 3.8) is 0 Å². The molecule has 6 heteroatoms. The standard InChI is InChI=1S/C25H21FO5/c1-14-4-2-3-5-19(14)15-6-16(8-18(26)7-15)24-13-30-22-10-20-17(9-25(27)28)12-29-21(20)11-23(22)31-24/h2-8,10-11,17,24H,9,12-13H2,1H3,(H,27,28)/t17-,24?/m1/s1. The van der Waals surface area contributed by atoms with Crippen molar-refractivity contribution >= 4 is 5.97 Å². The van der Waals surface area contributed by atoms with Crippen LogP contribution in [-0.2, 0) is 4.79 Å². The molecule has 1 unspecified atom stereocenters. The molecule has 5 nitrogen and oxygen atoms in total. The van der Waals surface area contributed by atoms with Gasteiger partial charge in [-0.15, -0.1) is 0 Å². The van der Waals surface area contributed by atoms with Crippen molar-refractivity contribution in [3.8, 4) is 28.4 Å². The van der Waals surface area contributed by atoms with E-state index in [-0.39, 0.29) is 24.8 Å². The van der Waals surface area contributed by atoms with Gasteiger partial charge in [0.15, 0.2) is 17.6 Å². The van der Waals surface area contributed by atoms with Crippen LogP contribution < -0.4 is 14.2 Å². The van der Waals surface area contributed by atoms with E-state index in [1.54, 1.807) is 12.1 Å². The number of aryl methyl sites for hydroxylation is 1. The van der Waals surface area contributed by atoms with Gasteiger partial charge in [-0.2, -0.15) is 0 Å². The van der Waals surface area contributed by atoms with Gasteiger partial charge in [0.1, 0.15) is 18.2 Å². The fourth-order valence-corrected chi connectivity index (χ4v) is 4.23. The quantitative estimate of drug-likeness (QED) is 0.623. The van der Waals surface area contributed by atoms with E-state index in [1.807, 2.05) is 37.3 Å². The van der Waals surface area contributed by atoms with Crippen LogP contribution in [-0.4, -0.2) is 24.3 Å². The van der Waals surface area contributed by atoms with E-state index in [9.17, 15) is 9.18 Å². The molecule has 158 valence electrons. The Labute approximate surface area is 179 Å². The fraction of sp³-hybridized carbons (Fsp3) is 0.240. The third kappa shape index (κ3) is 3.69. The summed E-state index contributed by atoms with van der Waals surface area (Å²) in [6, 6.07) is 16.3. The Morgan fingerprint density at radius 2 is 1.84 bits per heavy atom. The zero-order valence-corrected chi connectivity index (χ0v) is 16.9. The van der Waals surface area contributed by atoms with Crippen molar-refractivity contribution in [2.75, 3.05) is 13.2 Å². The summed E-state index contributed by atoms with van der Waals surface area (Å²) in [5.74, 6) is 0.248. The number of halogens is 1. The van der Waals surface area contributed by atoms with E-state index >= 15 is 0 Å². The van der Waals surface area contributed by atoms with Gasteiger partial charge in [0.25, 0.3) is 0 Å². The molecule has 2 aliphatic heterocycles. The lowest BCUT2D eigenvalue weighted by Gasteiger charge is -2.28. The van der Waals surface area contributed by atoms with Crippen LogP contribution in [0.15, 0.2) is 54.6 Å². The Morgan fingerprint density at radius 1 is 1.03 bits per heavy atom. The molecule has 3 aromatic rings. The molecule has 0 fully saturated rings. The molecule has 0 aliphatic carbocycles. The normalized spacial score (nSPS) is 18.9. The molecule has 0 amide bonds. The zero-order chi connectivity index (χ0) is 21.5. The Bertz CT molecular complexity index is 1170. The molecular formula is C25H21FO5. The average Bonchev–Trinajstić information content (AvgIpc) is 3.12. The largest absolute Gasteiger partial charge is 0.492 e. The number of carboxylic acid groups (broad SMARTS) is 1. The third-order valence-electron chi connectivity index (χ3n) is 5.78. The highest BCUT2D eigenvalue weighted by Gasteiger charge is 2.31. The molecule has 0 spiro atoms. The number of rotatable bonds is 4. The summed E-state index contributed by atoms with van der Waals surface area (Å²) in [6.07, 6.45) is -0.472. The summed E-state index contributed by atoms with van der Waals surface area (Å²) in [5.41, 5.74) is 4.33. The van der Waals surface area contributed by atoms with E-state index in [4.69, 9.17) is 19.3 Å². The van der Waals surface area contributed by atoms with Gasteiger partial charge < -0.3 is 19.3 Å². The zero-order valence-electron chi connectivity index (χ0n) is 16.9. The second kappa shape index (κ2) is 7.61. The first-order valence-electron chi connectivity index (χ1n) is 10.2. The minimum atomic E-state index is -0.869. The van der Waals surface area contributed by atoms with E-state index in [0.717, 1.165) is 22.3 Å². The molecule has 1 N–H and O–H groups in total. The molecule has 3 aromatic carbocycles. The number of ether oxygens (including phenoxy) is 3. The maximum atomic E-state index is 14.5. The lowest BCUT2D eigenvalue weighted by molar-refractivity contribution is -0.137. The second-order valence-corrected chi connectivity index (χ2v) is 7.95. The van der Waals surface area contributed by atoms with Gasteiger partial charge in [0.05, 0.1) is 13.0 Å². The predicted octanol–water partition coefficient (Wildman–Crippen LogP) is 5.26. The van der Waals surface area contributed by atoms with Gasteiger partial charge in [-0.25, -0.2) is 4.39 Å². The smallest absolute Gasteiger partial charge is 0.304 e. The molecule has 0 saturated carbocycles. The highest BCUT2D eigenvalue weighted by atomic mass is 19.1. The van der Waals surface area contributed by atoms with Crippen LogP contribution in [0.5, 0.6) is 17.2 Å². The molecule has 31 heavy (non-hydrogen) atoms. The molecule has 0 aromatic heterocycles. The lowest BCUT2D eigenvalue weighted by atomic mass is 9.96. The van der Waals surface area contributed by atoms with Crippen LogP contribution in [0.3, 0.4) is 0 Å². The summed E-state index contributed by atoms with van der Waals surface area (Å²) in [5, 5.41) is 9.10. The second-order valence-electron chi connectivity index (χ2n) is 7.95. The molecule has 2 heterocycles. The van der Waals surface area contributed by atoms with Crippen LogP contribution >= 0.6 is 0 Å². The number of aliphatic carboxylic acids is 1. The van der Waals surface area contributed by atoms with Crippen LogP contribution in [0.4, 0.5) is 4.39 Å². The van der Waals surface area contributed by atoms with Crippen molar-refractivity contribution < 1.29 is 28.5 Å². The molecular weight excluding hydrogens is 399 g/mol. The molecule has 0 bridgehead atoms. The molecule has 0 saturated heterocycles. The van der Waals surface area contributed by atoms with E-state index in [2.05, 4.69) is 0 Å². The van der Waals surface area contributed by atoms with Crippen molar-refractivity contribution in [2.24, 2.45) is 0 Å². The van der Waals surface area contributed by atoms with Gasteiger partial charge in [-0.3, -0.25) is 4.79 Å². The van der Waals surface area contributed by atoms with Crippen molar-refractivity contribution in [2.45, 2.75) is 25.4 Å². The minimum Gasteiger partial charge on any atom is -0.492 e. The van der Waals surface area contributed by atoms with Gasteiger partial charge in [0, 0.05) is 17.5 Å². The van der Waals surface area contributed by atoms with E-state index in [1.165, 1.54) is 12.1 Å². The average molecular weight is 420 g/mol. The van der Waals surface area contributed by atoms with E-state index in [0.29, 0.717) is 29.4 Å². The molecule has 2 aliphatic rings. The summed E-state index contributed by atoms with van der Waals surface area (Å²) < 4.78 is 32.2. The SMILES string of the molecule is Cc1ccccc1-c1cc(F)cc(C2COc3cc4c(cc3O2)OC[C@H]4CC(=O)O)c1. The van der Waals surface area contributed by atoms with Gasteiger partial charge >= 0.3 is 5.97 Å². The Morgan fingerprint density at radius 3 is 2.65 bits per heavy atom. The third-order valence-corrected chi connectivity index (χ3v) is 5.78. The van der Waals surface area contributed by atoms with Crippen molar-refractivity contribution in [1.29, 1.82) is 0 Å². The highest BCUT2D eigenvalue weighted by molar-refractivity contribution is 5.69. The summed E-state index contributed by atoms with van der Waals surface area (Å²) in [4.78, 5) is 11.1. The fourth-order valence-electron chi connectivity index (χ4n) is 4.23. The van der Waals surface area contributed by atoms with Crippen LogP contribution in [0.25, 0.3) is 11.1 Å². The Kier molecular flexibility index (Phi) is 4.77. The first-order valence-corrected chi connectivity index (χ1v) is 10.2. The van der Waals surface area contributed by atoms with E-state index < -0.39 is 12.1 Å². The maximum Gasteiger partial charge on any atom is 0.304 e. The summed E-state index contributed by atoms with van der Waals surface area (Å²) in [7, 11) is 0. The predicted molar refractivity (Wildman–Crippen MR) is 112 cm³/mol.